The molecule has 0 saturated carbocycles. The Hall–Kier alpha value is -2.41. The van der Waals surface area contributed by atoms with Crippen LogP contribution in [0.2, 0.25) is 0 Å². The van der Waals surface area contributed by atoms with Gasteiger partial charge in [-0.2, -0.15) is 0 Å². The van der Waals surface area contributed by atoms with Crippen molar-refractivity contribution in [1.82, 2.24) is 25.3 Å². The number of nitrogens with one attached hydrogen (secondary N) is 1. The Morgan fingerprint density at radius 1 is 1.35 bits per heavy atom. The summed E-state index contributed by atoms with van der Waals surface area (Å²) < 4.78 is 0. The molecule has 0 radical (unpaired) electrons. The Morgan fingerprint density at radius 2 is 2.20 bits per heavy atom. The van der Waals surface area contributed by atoms with Crippen LogP contribution in [0.4, 0.5) is 0 Å². The van der Waals surface area contributed by atoms with E-state index < -0.39 is 5.97 Å². The average molecular weight is 271 g/mol. The summed E-state index contributed by atoms with van der Waals surface area (Å²) in [6.07, 6.45) is 2.30. The molecule has 2 aromatic rings. The van der Waals surface area contributed by atoms with Crippen molar-refractivity contribution in [2.45, 2.75) is 19.9 Å². The first-order valence-electron chi connectivity index (χ1n) is 6.29. The zero-order chi connectivity index (χ0) is 14.1. The molecule has 0 aliphatic carbocycles. The van der Waals surface area contributed by atoms with E-state index in [0.29, 0.717) is 35.9 Å². The van der Waals surface area contributed by atoms with Crippen molar-refractivity contribution in [3.63, 3.8) is 0 Å². The number of hydrogen-bond donors (Lipinski definition) is 2. The Bertz CT molecular complexity index is 686. The van der Waals surface area contributed by atoms with Crippen LogP contribution < -0.4 is 5.32 Å². The summed E-state index contributed by atoms with van der Waals surface area (Å²) in [6, 6.07) is 1.68. The monoisotopic (exact) mass is 271 g/mol. The number of carboxylic acid groups (broad SMARTS) is 1. The highest BCUT2D eigenvalue weighted by molar-refractivity contribution is 5.88. The van der Waals surface area contributed by atoms with Crippen LogP contribution in [0.15, 0.2) is 12.3 Å². The first-order valence-corrected chi connectivity index (χ1v) is 6.29. The lowest BCUT2D eigenvalue weighted by Crippen LogP contribution is -2.28. The number of rotatable bonds is 2. The first-order chi connectivity index (χ1) is 9.65. The van der Waals surface area contributed by atoms with E-state index in [-0.39, 0.29) is 5.69 Å². The molecule has 0 fully saturated rings. The molecule has 0 bridgehead atoms. The van der Waals surface area contributed by atoms with Gasteiger partial charge in [-0.1, -0.05) is 0 Å². The topological polar surface area (TPSA) is 101 Å². The maximum absolute atomic E-state index is 11.4. The molecule has 0 saturated heterocycles. The number of aromatic carboxylic acids is 1. The van der Waals surface area contributed by atoms with Crippen LogP contribution in [0, 0.1) is 6.92 Å². The zero-order valence-electron chi connectivity index (χ0n) is 10.9. The highest BCUT2D eigenvalue weighted by Crippen LogP contribution is 2.20. The summed E-state index contributed by atoms with van der Waals surface area (Å²) in [5.41, 5.74) is 2.04. The van der Waals surface area contributed by atoms with Crippen LogP contribution in [0.25, 0.3) is 11.5 Å². The quantitative estimate of drug-likeness (QED) is 0.824. The molecule has 102 valence electrons. The van der Waals surface area contributed by atoms with E-state index in [1.807, 2.05) is 0 Å². The largest absolute Gasteiger partial charge is 0.476 e. The molecule has 20 heavy (non-hydrogen) atoms. The van der Waals surface area contributed by atoms with Crippen LogP contribution in [0.3, 0.4) is 0 Å². The maximum atomic E-state index is 11.4. The van der Waals surface area contributed by atoms with Crippen molar-refractivity contribution in [2.75, 3.05) is 6.54 Å². The van der Waals surface area contributed by atoms with Gasteiger partial charge in [-0.25, -0.2) is 24.7 Å². The minimum absolute atomic E-state index is 0.0495. The number of hydrogen-bond acceptors (Lipinski definition) is 6. The number of nitrogens with zero attached hydrogens (tertiary/aromatic N) is 4. The van der Waals surface area contributed by atoms with Gasteiger partial charge in [0.05, 0.1) is 5.69 Å². The van der Waals surface area contributed by atoms with Gasteiger partial charge in [0, 0.05) is 31.3 Å². The Balaban J connectivity index is 2.17. The smallest absolute Gasteiger partial charge is 0.354 e. The molecular formula is C13H13N5O2. The van der Waals surface area contributed by atoms with Crippen molar-refractivity contribution < 1.29 is 9.90 Å². The molecule has 0 aromatic carbocycles. The number of carbonyl (C=O) groups is 1. The molecular weight excluding hydrogens is 258 g/mol. The molecule has 1 aliphatic rings. The van der Waals surface area contributed by atoms with E-state index in [2.05, 4.69) is 25.3 Å². The Labute approximate surface area is 115 Å². The van der Waals surface area contributed by atoms with Gasteiger partial charge in [-0.05, 0) is 13.0 Å². The van der Waals surface area contributed by atoms with Gasteiger partial charge >= 0.3 is 5.97 Å². The van der Waals surface area contributed by atoms with Crippen LogP contribution in [0.1, 0.15) is 27.6 Å². The van der Waals surface area contributed by atoms with E-state index in [1.54, 1.807) is 19.2 Å². The van der Waals surface area contributed by atoms with Gasteiger partial charge in [-0.15, -0.1) is 0 Å². The second kappa shape index (κ2) is 4.93. The summed E-state index contributed by atoms with van der Waals surface area (Å²) in [7, 11) is 0. The second-order valence-electron chi connectivity index (χ2n) is 4.54. The van der Waals surface area contributed by atoms with Crippen molar-refractivity contribution in [3.8, 4) is 11.5 Å². The molecule has 2 aromatic heterocycles. The number of carboxylic acids is 1. The molecule has 3 rings (SSSR count). The fourth-order valence-electron chi connectivity index (χ4n) is 2.22. The predicted octanol–water partition coefficient (Wildman–Crippen LogP) is 0.586. The van der Waals surface area contributed by atoms with Gasteiger partial charge in [0.15, 0.2) is 11.5 Å². The lowest BCUT2D eigenvalue weighted by Gasteiger charge is -2.18. The lowest BCUT2D eigenvalue weighted by atomic mass is 10.0. The van der Waals surface area contributed by atoms with E-state index >= 15 is 0 Å². The van der Waals surface area contributed by atoms with Gasteiger partial charge in [0.1, 0.15) is 11.5 Å². The van der Waals surface area contributed by atoms with Crippen molar-refractivity contribution in [2.24, 2.45) is 0 Å². The third-order valence-electron chi connectivity index (χ3n) is 3.14. The van der Waals surface area contributed by atoms with Crippen LogP contribution in [-0.4, -0.2) is 37.6 Å². The molecule has 0 spiro atoms. The van der Waals surface area contributed by atoms with Gasteiger partial charge in [-0.3, -0.25) is 0 Å². The minimum Gasteiger partial charge on any atom is -0.476 e. The first kappa shape index (κ1) is 12.6. The van der Waals surface area contributed by atoms with Gasteiger partial charge < -0.3 is 10.4 Å². The van der Waals surface area contributed by atoms with E-state index in [9.17, 15) is 9.90 Å². The van der Waals surface area contributed by atoms with Crippen LogP contribution >= 0.6 is 0 Å². The zero-order valence-corrected chi connectivity index (χ0v) is 10.9. The summed E-state index contributed by atoms with van der Waals surface area (Å²) in [4.78, 5) is 28.3. The maximum Gasteiger partial charge on any atom is 0.354 e. The third-order valence-corrected chi connectivity index (χ3v) is 3.14. The number of aryl methyl sites for hydroxylation is 1. The SMILES string of the molecule is Cc1nccc(-c2nc3c(c(C(=O)O)n2)CNCC3)n1. The molecule has 3 heterocycles. The third kappa shape index (κ3) is 2.23. The molecule has 7 nitrogen and oxygen atoms in total. The predicted molar refractivity (Wildman–Crippen MR) is 70.2 cm³/mol. The van der Waals surface area contributed by atoms with Crippen molar-refractivity contribution >= 4 is 5.97 Å². The van der Waals surface area contributed by atoms with Gasteiger partial charge in [0.2, 0.25) is 0 Å². The molecule has 1 aliphatic heterocycles. The standard InChI is InChI=1S/C13H13N5O2/c1-7-15-5-3-10(16-7)12-17-9-2-4-14-6-8(9)11(18-12)13(19)20/h3,5,14H,2,4,6H2,1H3,(H,19,20). The average Bonchev–Trinajstić information content (AvgIpc) is 2.46. The lowest BCUT2D eigenvalue weighted by molar-refractivity contribution is 0.0688. The van der Waals surface area contributed by atoms with Crippen molar-refractivity contribution in [1.29, 1.82) is 0 Å². The molecule has 0 unspecified atom stereocenters. The molecule has 0 amide bonds. The Kier molecular flexibility index (Phi) is 3.11. The fraction of sp³-hybridized carbons (Fsp3) is 0.308. The highest BCUT2D eigenvalue weighted by Gasteiger charge is 2.22. The fourth-order valence-corrected chi connectivity index (χ4v) is 2.22. The molecule has 7 heteroatoms. The van der Waals surface area contributed by atoms with E-state index in [4.69, 9.17) is 0 Å². The number of fused-ring (bicyclic) bond motifs is 1. The Morgan fingerprint density at radius 3 is 2.95 bits per heavy atom. The molecule has 2 N–H and O–H groups in total. The normalized spacial score (nSPS) is 13.8. The minimum atomic E-state index is -1.04. The summed E-state index contributed by atoms with van der Waals surface area (Å²) in [6.45, 7) is 3.04. The van der Waals surface area contributed by atoms with Crippen LogP contribution in [0.5, 0.6) is 0 Å². The summed E-state index contributed by atoms with van der Waals surface area (Å²) in [5.74, 6) is -0.102. The number of aromatic nitrogens is 4. The van der Waals surface area contributed by atoms with E-state index in [1.165, 1.54) is 0 Å². The van der Waals surface area contributed by atoms with Crippen molar-refractivity contribution in [3.05, 3.63) is 35.0 Å². The van der Waals surface area contributed by atoms with Crippen LogP contribution in [-0.2, 0) is 13.0 Å². The van der Waals surface area contributed by atoms with E-state index in [0.717, 1.165) is 12.2 Å². The highest BCUT2D eigenvalue weighted by atomic mass is 16.4. The molecule has 0 atom stereocenters. The summed E-state index contributed by atoms with van der Waals surface area (Å²) >= 11 is 0. The summed E-state index contributed by atoms with van der Waals surface area (Å²) in [5, 5.41) is 12.5. The second-order valence-corrected chi connectivity index (χ2v) is 4.54. The van der Waals surface area contributed by atoms with Gasteiger partial charge in [0.25, 0.3) is 0 Å².